The van der Waals surface area contributed by atoms with Crippen molar-refractivity contribution in [2.45, 2.75) is 26.1 Å². The summed E-state index contributed by atoms with van der Waals surface area (Å²) in [6.45, 7) is 4.11. The molecule has 0 radical (unpaired) electrons. The van der Waals surface area contributed by atoms with Gasteiger partial charge in [0.1, 0.15) is 6.04 Å². The Morgan fingerprint density at radius 1 is 1.38 bits per heavy atom. The lowest BCUT2D eigenvalue weighted by Crippen LogP contribution is -2.57. The van der Waals surface area contributed by atoms with Crippen LogP contribution in [0.3, 0.4) is 0 Å². The number of carbonyl (C=O) groups excluding carboxylic acids is 2. The van der Waals surface area contributed by atoms with Gasteiger partial charge in [0, 0.05) is 19.7 Å². The second-order valence-electron chi connectivity index (χ2n) is 4.86. The minimum Gasteiger partial charge on any atom is -0.377 e. The SMILES string of the molecule is CCOCc1ccccc1CNC(=O)C1CNC(=O)CN1. The van der Waals surface area contributed by atoms with Gasteiger partial charge in [0.05, 0.1) is 13.2 Å². The molecule has 21 heavy (non-hydrogen) atoms. The first-order valence-electron chi connectivity index (χ1n) is 7.13. The standard InChI is InChI=1S/C15H21N3O3/c1-2-21-10-12-6-4-3-5-11(12)7-18-15(20)13-8-17-14(19)9-16-13/h3-6,13,16H,2,7-10H2,1H3,(H,17,19)(H,18,20). The number of hydrogen-bond donors (Lipinski definition) is 3. The zero-order chi connectivity index (χ0) is 15.1. The second kappa shape index (κ2) is 7.75. The predicted molar refractivity (Wildman–Crippen MR) is 78.4 cm³/mol. The Morgan fingerprint density at radius 2 is 2.14 bits per heavy atom. The lowest BCUT2D eigenvalue weighted by atomic mass is 10.1. The quantitative estimate of drug-likeness (QED) is 0.685. The van der Waals surface area contributed by atoms with Gasteiger partial charge in [0.15, 0.2) is 0 Å². The Morgan fingerprint density at radius 3 is 2.81 bits per heavy atom. The van der Waals surface area contributed by atoms with Crippen LogP contribution < -0.4 is 16.0 Å². The van der Waals surface area contributed by atoms with Gasteiger partial charge in [0.2, 0.25) is 11.8 Å². The molecular formula is C15H21N3O3. The molecule has 6 nitrogen and oxygen atoms in total. The van der Waals surface area contributed by atoms with E-state index in [1.54, 1.807) is 0 Å². The average Bonchev–Trinajstić information content (AvgIpc) is 2.52. The highest BCUT2D eigenvalue weighted by Gasteiger charge is 2.23. The van der Waals surface area contributed by atoms with Crippen molar-refractivity contribution in [3.05, 3.63) is 35.4 Å². The summed E-state index contributed by atoms with van der Waals surface area (Å²) in [6, 6.07) is 7.50. The van der Waals surface area contributed by atoms with Crippen molar-refractivity contribution in [3.8, 4) is 0 Å². The lowest BCUT2D eigenvalue weighted by Gasteiger charge is -2.23. The molecule has 0 aromatic heterocycles. The molecule has 1 saturated heterocycles. The zero-order valence-electron chi connectivity index (χ0n) is 12.1. The van der Waals surface area contributed by atoms with Gasteiger partial charge >= 0.3 is 0 Å². The number of piperazine rings is 1. The second-order valence-corrected chi connectivity index (χ2v) is 4.86. The summed E-state index contributed by atoms with van der Waals surface area (Å²) in [5.41, 5.74) is 2.11. The highest BCUT2D eigenvalue weighted by Crippen LogP contribution is 2.10. The maximum absolute atomic E-state index is 12.0. The minimum absolute atomic E-state index is 0.0823. The largest absolute Gasteiger partial charge is 0.377 e. The fourth-order valence-electron chi connectivity index (χ4n) is 2.14. The third-order valence-electron chi connectivity index (χ3n) is 3.36. The molecule has 1 aliphatic rings. The minimum atomic E-state index is -0.373. The Kier molecular flexibility index (Phi) is 5.71. The van der Waals surface area contributed by atoms with Crippen LogP contribution >= 0.6 is 0 Å². The van der Waals surface area contributed by atoms with Crippen molar-refractivity contribution in [3.63, 3.8) is 0 Å². The number of ether oxygens (including phenoxy) is 1. The molecule has 1 aromatic carbocycles. The summed E-state index contributed by atoms with van der Waals surface area (Å²) < 4.78 is 5.42. The van der Waals surface area contributed by atoms with Crippen molar-refractivity contribution in [1.82, 2.24) is 16.0 Å². The topological polar surface area (TPSA) is 79.5 Å². The smallest absolute Gasteiger partial charge is 0.239 e. The average molecular weight is 291 g/mol. The molecule has 1 aromatic rings. The molecule has 1 aliphatic heterocycles. The van der Waals surface area contributed by atoms with Crippen LogP contribution in [0, 0.1) is 0 Å². The van der Waals surface area contributed by atoms with Crippen molar-refractivity contribution >= 4 is 11.8 Å². The maximum atomic E-state index is 12.0. The van der Waals surface area contributed by atoms with Gasteiger partial charge in [-0.3, -0.25) is 14.9 Å². The molecule has 0 spiro atoms. The van der Waals surface area contributed by atoms with Crippen LogP contribution in [-0.4, -0.2) is 37.6 Å². The lowest BCUT2D eigenvalue weighted by molar-refractivity contribution is -0.126. The van der Waals surface area contributed by atoms with E-state index < -0.39 is 0 Å². The predicted octanol–water partition coefficient (Wildman–Crippen LogP) is -0.0727. The van der Waals surface area contributed by atoms with Gasteiger partial charge in [-0.2, -0.15) is 0 Å². The number of carbonyl (C=O) groups is 2. The first-order chi connectivity index (χ1) is 10.2. The summed E-state index contributed by atoms with van der Waals surface area (Å²) in [4.78, 5) is 23.1. The van der Waals surface area contributed by atoms with Crippen LogP contribution in [0.4, 0.5) is 0 Å². The van der Waals surface area contributed by atoms with Crippen molar-refractivity contribution in [1.29, 1.82) is 0 Å². The van der Waals surface area contributed by atoms with E-state index in [0.717, 1.165) is 11.1 Å². The van der Waals surface area contributed by atoms with Gasteiger partial charge in [0.25, 0.3) is 0 Å². The van der Waals surface area contributed by atoms with Crippen molar-refractivity contribution in [2.75, 3.05) is 19.7 Å². The van der Waals surface area contributed by atoms with E-state index in [1.807, 2.05) is 31.2 Å². The summed E-state index contributed by atoms with van der Waals surface area (Å²) in [5.74, 6) is -0.192. The molecule has 1 fully saturated rings. The van der Waals surface area contributed by atoms with Crippen LogP contribution in [0.15, 0.2) is 24.3 Å². The first-order valence-corrected chi connectivity index (χ1v) is 7.13. The Labute approximate surface area is 124 Å². The highest BCUT2D eigenvalue weighted by atomic mass is 16.5. The van der Waals surface area contributed by atoms with Gasteiger partial charge < -0.3 is 15.4 Å². The molecule has 0 saturated carbocycles. The molecule has 114 valence electrons. The van der Waals surface area contributed by atoms with Gasteiger partial charge in [-0.15, -0.1) is 0 Å². The molecule has 1 atom stereocenters. The fraction of sp³-hybridized carbons (Fsp3) is 0.467. The third kappa shape index (κ3) is 4.54. The molecule has 1 heterocycles. The summed E-state index contributed by atoms with van der Waals surface area (Å²) in [7, 11) is 0. The maximum Gasteiger partial charge on any atom is 0.239 e. The van der Waals surface area contributed by atoms with E-state index in [1.165, 1.54) is 0 Å². The number of hydrogen-bond acceptors (Lipinski definition) is 4. The normalized spacial score (nSPS) is 18.1. The van der Waals surface area contributed by atoms with Crippen LogP contribution in [-0.2, 0) is 27.5 Å². The van der Waals surface area contributed by atoms with E-state index in [9.17, 15) is 9.59 Å². The molecule has 2 amide bonds. The molecule has 0 bridgehead atoms. The van der Waals surface area contributed by atoms with Crippen LogP contribution in [0.5, 0.6) is 0 Å². The van der Waals surface area contributed by atoms with Gasteiger partial charge in [-0.05, 0) is 18.1 Å². The number of nitrogens with one attached hydrogen (secondary N) is 3. The number of rotatable bonds is 6. The van der Waals surface area contributed by atoms with Crippen molar-refractivity contribution in [2.24, 2.45) is 0 Å². The first kappa shape index (κ1) is 15.5. The Balaban J connectivity index is 1.87. The van der Waals surface area contributed by atoms with E-state index in [2.05, 4.69) is 16.0 Å². The van der Waals surface area contributed by atoms with Gasteiger partial charge in [-0.1, -0.05) is 24.3 Å². The zero-order valence-corrected chi connectivity index (χ0v) is 12.1. The van der Waals surface area contributed by atoms with Crippen molar-refractivity contribution < 1.29 is 14.3 Å². The summed E-state index contributed by atoms with van der Waals surface area (Å²) in [6.07, 6.45) is 0. The Hall–Kier alpha value is -1.92. The monoisotopic (exact) mass is 291 g/mol. The fourth-order valence-corrected chi connectivity index (χ4v) is 2.14. The molecule has 2 rings (SSSR count). The molecule has 1 unspecified atom stereocenters. The summed E-state index contributed by atoms with van der Waals surface area (Å²) in [5, 5.41) is 8.47. The van der Waals surface area contributed by atoms with E-state index in [-0.39, 0.29) is 24.4 Å². The Bertz CT molecular complexity index is 495. The molecular weight excluding hydrogens is 270 g/mol. The molecule has 0 aliphatic carbocycles. The highest BCUT2D eigenvalue weighted by molar-refractivity contribution is 5.86. The van der Waals surface area contributed by atoms with Crippen LogP contribution in [0.25, 0.3) is 0 Å². The molecule has 6 heteroatoms. The van der Waals surface area contributed by atoms with E-state index >= 15 is 0 Å². The molecule has 3 N–H and O–H groups in total. The van der Waals surface area contributed by atoms with Crippen LogP contribution in [0.2, 0.25) is 0 Å². The van der Waals surface area contributed by atoms with Crippen LogP contribution in [0.1, 0.15) is 18.1 Å². The number of amides is 2. The van der Waals surface area contributed by atoms with E-state index in [0.29, 0.717) is 26.3 Å². The van der Waals surface area contributed by atoms with E-state index in [4.69, 9.17) is 4.74 Å². The number of benzene rings is 1. The summed E-state index contributed by atoms with van der Waals surface area (Å²) >= 11 is 0. The van der Waals surface area contributed by atoms with Gasteiger partial charge in [-0.25, -0.2) is 0 Å². The third-order valence-corrected chi connectivity index (χ3v) is 3.36.